The first kappa shape index (κ1) is 14.4. The molecule has 1 fully saturated rings. The largest absolute Gasteiger partial charge is 0.394 e. The van der Waals surface area contributed by atoms with Gasteiger partial charge in [0.2, 0.25) is 5.91 Å². The molecule has 5 heteroatoms. The highest BCUT2D eigenvalue weighted by Crippen LogP contribution is 2.36. The Kier molecular flexibility index (Phi) is 4.12. The third-order valence-electron chi connectivity index (χ3n) is 4.14. The van der Waals surface area contributed by atoms with Gasteiger partial charge < -0.3 is 20.4 Å². The lowest BCUT2D eigenvalue weighted by Crippen LogP contribution is -2.36. The van der Waals surface area contributed by atoms with E-state index in [0.717, 1.165) is 43.6 Å². The number of aliphatic hydroxyl groups excluding tert-OH is 2. The number of fused-ring (bicyclic) bond motifs is 1. The number of carbonyl (C=O) groups is 1. The Bertz CT molecular complexity index is 528. The number of benzene rings is 1. The zero-order valence-electron chi connectivity index (χ0n) is 12.1. The van der Waals surface area contributed by atoms with Gasteiger partial charge in [0.25, 0.3) is 0 Å². The second kappa shape index (κ2) is 6.03. The Hall–Kier alpha value is -1.59. The van der Waals surface area contributed by atoms with E-state index in [9.17, 15) is 9.90 Å². The third kappa shape index (κ3) is 3.19. The van der Waals surface area contributed by atoms with Gasteiger partial charge in [-0.05, 0) is 49.4 Å². The van der Waals surface area contributed by atoms with Gasteiger partial charge in [-0.25, -0.2) is 0 Å². The second-order valence-corrected chi connectivity index (χ2v) is 5.93. The van der Waals surface area contributed by atoms with Gasteiger partial charge in [-0.1, -0.05) is 0 Å². The van der Waals surface area contributed by atoms with Gasteiger partial charge in [-0.3, -0.25) is 4.79 Å². The van der Waals surface area contributed by atoms with Crippen molar-refractivity contribution in [2.75, 3.05) is 29.9 Å². The van der Waals surface area contributed by atoms with E-state index >= 15 is 0 Å². The monoisotopic (exact) mass is 290 g/mol. The molecule has 1 aromatic rings. The van der Waals surface area contributed by atoms with E-state index in [1.54, 1.807) is 0 Å². The maximum absolute atomic E-state index is 12.3. The molecular formula is C16H22N2O3. The summed E-state index contributed by atoms with van der Waals surface area (Å²) >= 11 is 0. The fourth-order valence-corrected chi connectivity index (χ4v) is 2.79. The highest BCUT2D eigenvalue weighted by molar-refractivity contribution is 5.97. The number of aliphatic hydroxyl groups is 2. The lowest BCUT2D eigenvalue weighted by molar-refractivity contribution is -0.119. The normalized spacial score (nSPS) is 19.0. The lowest BCUT2D eigenvalue weighted by Gasteiger charge is -2.30. The van der Waals surface area contributed by atoms with Gasteiger partial charge >= 0.3 is 0 Å². The zero-order chi connectivity index (χ0) is 14.8. The Morgan fingerprint density at radius 2 is 2.24 bits per heavy atom. The molecule has 1 aromatic carbocycles. The first-order valence-electron chi connectivity index (χ1n) is 7.66. The van der Waals surface area contributed by atoms with Crippen LogP contribution in [0.2, 0.25) is 0 Å². The van der Waals surface area contributed by atoms with Crippen LogP contribution in [0.1, 0.15) is 24.8 Å². The molecule has 1 saturated carbocycles. The van der Waals surface area contributed by atoms with Gasteiger partial charge in [0.15, 0.2) is 0 Å². The van der Waals surface area contributed by atoms with Gasteiger partial charge in [0, 0.05) is 30.4 Å². The number of anilines is 2. The maximum atomic E-state index is 12.3. The SMILES string of the molecule is O=C(C1CC1)N1CCCc2cc(NCC(O)CO)ccc21. The molecule has 114 valence electrons. The van der Waals surface area contributed by atoms with Crippen LogP contribution in [-0.4, -0.2) is 41.9 Å². The van der Waals surface area contributed by atoms with Gasteiger partial charge in [-0.2, -0.15) is 0 Å². The summed E-state index contributed by atoms with van der Waals surface area (Å²) in [4.78, 5) is 14.2. The van der Waals surface area contributed by atoms with Crippen LogP contribution in [0.25, 0.3) is 0 Å². The molecule has 1 aliphatic heterocycles. The van der Waals surface area contributed by atoms with Crippen molar-refractivity contribution in [1.82, 2.24) is 0 Å². The first-order valence-corrected chi connectivity index (χ1v) is 7.66. The fraction of sp³-hybridized carbons (Fsp3) is 0.562. The molecule has 3 N–H and O–H groups in total. The molecule has 21 heavy (non-hydrogen) atoms. The van der Waals surface area contributed by atoms with Crippen molar-refractivity contribution in [3.63, 3.8) is 0 Å². The Labute approximate surface area is 124 Å². The standard InChI is InChI=1S/C16H22N2O3/c19-10-14(20)9-17-13-5-6-15-12(8-13)2-1-7-18(15)16(21)11-3-4-11/h5-6,8,11,14,17,19-20H,1-4,7,9-10H2. The second-order valence-electron chi connectivity index (χ2n) is 5.93. The van der Waals surface area contributed by atoms with Gasteiger partial charge in [0.1, 0.15) is 0 Å². The molecule has 0 saturated heterocycles. The molecule has 2 aliphatic rings. The van der Waals surface area contributed by atoms with Crippen molar-refractivity contribution in [3.8, 4) is 0 Å². The van der Waals surface area contributed by atoms with Crippen LogP contribution >= 0.6 is 0 Å². The summed E-state index contributed by atoms with van der Waals surface area (Å²) in [6.07, 6.45) is 3.27. The average molecular weight is 290 g/mol. The Morgan fingerprint density at radius 3 is 2.95 bits per heavy atom. The molecular weight excluding hydrogens is 268 g/mol. The Balaban J connectivity index is 1.73. The van der Waals surface area contributed by atoms with E-state index in [1.165, 1.54) is 5.56 Å². The van der Waals surface area contributed by atoms with E-state index in [4.69, 9.17) is 5.11 Å². The van der Waals surface area contributed by atoms with Crippen LogP contribution in [0.3, 0.4) is 0 Å². The molecule has 3 rings (SSSR count). The van der Waals surface area contributed by atoms with Crippen LogP contribution in [0.5, 0.6) is 0 Å². The van der Waals surface area contributed by atoms with Crippen LogP contribution in [0.4, 0.5) is 11.4 Å². The molecule has 1 amide bonds. The summed E-state index contributed by atoms with van der Waals surface area (Å²) in [6.45, 7) is 0.889. The molecule has 0 bridgehead atoms. The van der Waals surface area contributed by atoms with Crippen molar-refractivity contribution in [2.45, 2.75) is 31.8 Å². The molecule has 0 radical (unpaired) electrons. The molecule has 5 nitrogen and oxygen atoms in total. The molecule has 0 spiro atoms. The first-order chi connectivity index (χ1) is 10.2. The molecule has 1 atom stereocenters. The van der Waals surface area contributed by atoms with E-state index < -0.39 is 6.10 Å². The van der Waals surface area contributed by atoms with E-state index in [2.05, 4.69) is 5.32 Å². The summed E-state index contributed by atoms with van der Waals surface area (Å²) < 4.78 is 0. The highest BCUT2D eigenvalue weighted by Gasteiger charge is 2.35. The predicted octanol–water partition coefficient (Wildman–Crippen LogP) is 1.14. The topological polar surface area (TPSA) is 72.8 Å². The van der Waals surface area contributed by atoms with Crippen molar-refractivity contribution < 1.29 is 15.0 Å². The van der Waals surface area contributed by atoms with Gasteiger partial charge in [-0.15, -0.1) is 0 Å². The third-order valence-corrected chi connectivity index (χ3v) is 4.14. The molecule has 0 aromatic heterocycles. The summed E-state index contributed by atoms with van der Waals surface area (Å²) in [5, 5.41) is 21.3. The van der Waals surface area contributed by atoms with Gasteiger partial charge in [0.05, 0.1) is 12.7 Å². The van der Waals surface area contributed by atoms with Crippen molar-refractivity contribution in [3.05, 3.63) is 23.8 Å². The maximum Gasteiger partial charge on any atom is 0.230 e. The summed E-state index contributed by atoms with van der Waals surface area (Å²) in [5.41, 5.74) is 3.13. The number of nitrogens with zero attached hydrogens (tertiary/aromatic N) is 1. The van der Waals surface area contributed by atoms with Crippen LogP contribution in [0.15, 0.2) is 18.2 Å². The number of rotatable bonds is 5. The fourth-order valence-electron chi connectivity index (χ4n) is 2.79. The van der Waals surface area contributed by atoms with E-state index in [0.29, 0.717) is 6.54 Å². The molecule has 1 aliphatic carbocycles. The van der Waals surface area contributed by atoms with Crippen molar-refractivity contribution in [1.29, 1.82) is 0 Å². The van der Waals surface area contributed by atoms with Crippen molar-refractivity contribution >= 4 is 17.3 Å². The van der Waals surface area contributed by atoms with Crippen molar-refractivity contribution in [2.24, 2.45) is 5.92 Å². The number of nitrogens with one attached hydrogen (secondary N) is 1. The summed E-state index contributed by atoms with van der Waals surface area (Å²) in [6, 6.07) is 5.97. The number of hydrogen-bond acceptors (Lipinski definition) is 4. The van der Waals surface area contributed by atoms with Crippen LogP contribution in [-0.2, 0) is 11.2 Å². The quantitative estimate of drug-likeness (QED) is 0.760. The Morgan fingerprint density at radius 1 is 1.43 bits per heavy atom. The van der Waals surface area contributed by atoms with E-state index in [-0.39, 0.29) is 18.4 Å². The lowest BCUT2D eigenvalue weighted by atomic mass is 10.0. The zero-order valence-corrected chi connectivity index (χ0v) is 12.1. The summed E-state index contributed by atoms with van der Waals surface area (Å²) in [7, 11) is 0. The minimum atomic E-state index is -0.756. The predicted molar refractivity (Wildman–Crippen MR) is 81.4 cm³/mol. The number of carbonyl (C=O) groups excluding carboxylic acids is 1. The van der Waals surface area contributed by atoms with Crippen LogP contribution < -0.4 is 10.2 Å². The highest BCUT2D eigenvalue weighted by atomic mass is 16.3. The summed E-state index contributed by atoms with van der Waals surface area (Å²) in [5.74, 6) is 0.515. The average Bonchev–Trinajstić information content (AvgIpc) is 3.35. The molecule has 1 heterocycles. The molecule has 1 unspecified atom stereocenters. The number of amides is 1. The minimum Gasteiger partial charge on any atom is -0.394 e. The van der Waals surface area contributed by atoms with E-state index in [1.807, 2.05) is 23.1 Å². The van der Waals surface area contributed by atoms with Crippen LogP contribution in [0, 0.1) is 5.92 Å². The number of aryl methyl sites for hydroxylation is 1. The number of hydrogen-bond donors (Lipinski definition) is 3. The minimum absolute atomic E-state index is 0.244. The smallest absolute Gasteiger partial charge is 0.230 e.